The maximum Gasteiger partial charge on any atom is 0.151 e. The highest BCUT2D eigenvalue weighted by Crippen LogP contribution is 2.25. The van der Waals surface area contributed by atoms with Crippen LogP contribution < -0.4 is 5.32 Å². The van der Waals surface area contributed by atoms with Gasteiger partial charge >= 0.3 is 0 Å². The molecule has 0 unspecified atom stereocenters. The van der Waals surface area contributed by atoms with Crippen LogP contribution in [0.25, 0.3) is 10.2 Å². The second kappa shape index (κ2) is 5.77. The molecule has 0 amide bonds. The van der Waals surface area contributed by atoms with E-state index in [4.69, 9.17) is 0 Å². The number of nitrogens with zero attached hydrogens (tertiary/aromatic N) is 3. The van der Waals surface area contributed by atoms with Gasteiger partial charge in [-0.05, 0) is 44.0 Å². The summed E-state index contributed by atoms with van der Waals surface area (Å²) in [5, 5.41) is 13.0. The molecular formula is C16H18N4S. The Morgan fingerprint density at radius 3 is 2.67 bits per heavy atom. The monoisotopic (exact) mass is 298 g/mol. The van der Waals surface area contributed by atoms with E-state index in [0.29, 0.717) is 0 Å². The zero-order valence-corrected chi connectivity index (χ0v) is 13.3. The van der Waals surface area contributed by atoms with Crippen molar-refractivity contribution in [3.8, 4) is 0 Å². The van der Waals surface area contributed by atoms with Gasteiger partial charge in [0.05, 0.1) is 20.9 Å². The molecule has 0 bridgehead atoms. The van der Waals surface area contributed by atoms with Crippen LogP contribution in [0.1, 0.15) is 28.8 Å². The van der Waals surface area contributed by atoms with Gasteiger partial charge in [-0.15, -0.1) is 16.4 Å². The number of nitrogens with one attached hydrogen (secondary N) is 1. The molecule has 3 aromatic rings. The molecule has 2 aromatic heterocycles. The number of benzene rings is 1. The van der Waals surface area contributed by atoms with Gasteiger partial charge < -0.3 is 5.32 Å². The fraction of sp³-hybridized carbons (Fsp3) is 0.312. The van der Waals surface area contributed by atoms with Gasteiger partial charge in [-0.25, -0.2) is 4.98 Å². The highest BCUT2D eigenvalue weighted by Gasteiger charge is 2.12. The summed E-state index contributed by atoms with van der Waals surface area (Å²) in [7, 11) is 0. The molecule has 0 spiro atoms. The first-order valence-corrected chi connectivity index (χ1v) is 7.91. The summed E-state index contributed by atoms with van der Waals surface area (Å²) in [5.41, 5.74) is 4.43. The number of para-hydroxylation sites is 1. The second-order valence-corrected chi connectivity index (χ2v) is 6.14. The van der Waals surface area contributed by atoms with E-state index < -0.39 is 0 Å². The maximum atomic E-state index is 4.67. The summed E-state index contributed by atoms with van der Waals surface area (Å²) in [6.07, 6.45) is 0.741. The smallest absolute Gasteiger partial charge is 0.151 e. The van der Waals surface area contributed by atoms with E-state index in [2.05, 4.69) is 47.3 Å². The Hall–Kier alpha value is -2.01. The average Bonchev–Trinajstić information content (AvgIpc) is 2.89. The summed E-state index contributed by atoms with van der Waals surface area (Å²) in [4.78, 5) is 4.67. The molecule has 1 N–H and O–H groups in total. The van der Waals surface area contributed by atoms with Crippen molar-refractivity contribution in [2.75, 3.05) is 11.9 Å². The van der Waals surface area contributed by atoms with Crippen molar-refractivity contribution >= 4 is 27.4 Å². The van der Waals surface area contributed by atoms with Gasteiger partial charge in [0.1, 0.15) is 0 Å². The normalized spacial score (nSPS) is 11.0. The van der Waals surface area contributed by atoms with Gasteiger partial charge in [-0.2, -0.15) is 5.10 Å². The minimum atomic E-state index is 0.741. The summed E-state index contributed by atoms with van der Waals surface area (Å²) in [6.45, 7) is 7.11. The SMILES string of the molecule is CCNc1nnc(Cc2nc3ccccc3s2)c(C)c1C. The Morgan fingerprint density at radius 1 is 1.10 bits per heavy atom. The van der Waals surface area contributed by atoms with Crippen LogP contribution in [0.15, 0.2) is 24.3 Å². The molecule has 0 saturated carbocycles. The molecule has 108 valence electrons. The van der Waals surface area contributed by atoms with Crippen LogP contribution in [-0.2, 0) is 6.42 Å². The van der Waals surface area contributed by atoms with E-state index in [1.807, 2.05) is 18.2 Å². The number of rotatable bonds is 4. The van der Waals surface area contributed by atoms with Gasteiger partial charge in [0, 0.05) is 13.0 Å². The lowest BCUT2D eigenvalue weighted by molar-refractivity contribution is 0.899. The molecule has 0 saturated heterocycles. The molecule has 4 nitrogen and oxygen atoms in total. The van der Waals surface area contributed by atoms with E-state index in [1.54, 1.807) is 11.3 Å². The molecule has 5 heteroatoms. The van der Waals surface area contributed by atoms with Crippen molar-refractivity contribution in [3.05, 3.63) is 46.1 Å². The van der Waals surface area contributed by atoms with Crippen LogP contribution in [0.4, 0.5) is 5.82 Å². The Morgan fingerprint density at radius 2 is 1.90 bits per heavy atom. The minimum absolute atomic E-state index is 0.741. The molecule has 0 fully saturated rings. The summed E-state index contributed by atoms with van der Waals surface area (Å²) in [5.74, 6) is 0.878. The Balaban J connectivity index is 1.92. The van der Waals surface area contributed by atoms with Crippen molar-refractivity contribution in [1.29, 1.82) is 0 Å². The van der Waals surface area contributed by atoms with Crippen molar-refractivity contribution in [2.24, 2.45) is 0 Å². The second-order valence-electron chi connectivity index (χ2n) is 5.03. The summed E-state index contributed by atoms with van der Waals surface area (Å²) in [6, 6.07) is 8.22. The molecule has 1 aromatic carbocycles. The number of aromatic nitrogens is 3. The fourth-order valence-corrected chi connectivity index (χ4v) is 3.27. The van der Waals surface area contributed by atoms with Crippen molar-refractivity contribution in [3.63, 3.8) is 0 Å². The average molecular weight is 298 g/mol. The molecule has 0 atom stereocenters. The van der Waals surface area contributed by atoms with Crippen molar-refractivity contribution in [1.82, 2.24) is 15.2 Å². The number of anilines is 1. The molecule has 3 rings (SSSR count). The van der Waals surface area contributed by atoms with Crippen LogP contribution in [0.3, 0.4) is 0 Å². The molecule has 0 radical (unpaired) electrons. The number of thiazole rings is 1. The van der Waals surface area contributed by atoms with Crippen LogP contribution in [0.5, 0.6) is 0 Å². The third-order valence-corrected chi connectivity index (χ3v) is 4.66. The van der Waals surface area contributed by atoms with E-state index >= 15 is 0 Å². The third kappa shape index (κ3) is 2.74. The van der Waals surface area contributed by atoms with Crippen molar-refractivity contribution < 1.29 is 0 Å². The highest BCUT2D eigenvalue weighted by molar-refractivity contribution is 7.18. The third-order valence-electron chi connectivity index (χ3n) is 3.62. The molecule has 0 aliphatic heterocycles. The van der Waals surface area contributed by atoms with Crippen LogP contribution in [-0.4, -0.2) is 21.7 Å². The van der Waals surface area contributed by atoms with Gasteiger partial charge in [-0.1, -0.05) is 12.1 Å². The topological polar surface area (TPSA) is 50.7 Å². The van der Waals surface area contributed by atoms with E-state index in [1.165, 1.54) is 15.8 Å². The standard InChI is InChI=1S/C16H18N4S/c1-4-17-16-11(3)10(2)13(19-20-16)9-15-18-12-7-5-6-8-14(12)21-15/h5-8H,4,9H2,1-3H3,(H,17,20). The predicted octanol–water partition coefficient (Wildman–Crippen LogP) is 3.73. The minimum Gasteiger partial charge on any atom is -0.369 e. The van der Waals surface area contributed by atoms with Crippen molar-refractivity contribution in [2.45, 2.75) is 27.2 Å². The first-order chi connectivity index (χ1) is 10.2. The lowest BCUT2D eigenvalue weighted by atomic mass is 10.1. The van der Waals surface area contributed by atoms with Crippen LogP contribution >= 0.6 is 11.3 Å². The quantitative estimate of drug-likeness (QED) is 0.797. The molecule has 0 aliphatic rings. The Labute approximate surface area is 128 Å². The first kappa shape index (κ1) is 13.9. The van der Waals surface area contributed by atoms with Crippen LogP contribution in [0.2, 0.25) is 0 Å². The number of hydrogen-bond donors (Lipinski definition) is 1. The zero-order valence-electron chi connectivity index (χ0n) is 12.5. The lowest BCUT2D eigenvalue weighted by Crippen LogP contribution is -2.08. The van der Waals surface area contributed by atoms with Gasteiger partial charge in [0.25, 0.3) is 0 Å². The Bertz CT molecular complexity index is 746. The maximum absolute atomic E-state index is 4.67. The first-order valence-electron chi connectivity index (χ1n) is 7.10. The molecule has 0 aliphatic carbocycles. The Kier molecular flexibility index (Phi) is 3.84. The van der Waals surface area contributed by atoms with E-state index in [0.717, 1.165) is 35.0 Å². The molecule has 21 heavy (non-hydrogen) atoms. The predicted molar refractivity (Wildman–Crippen MR) is 88.1 cm³/mol. The van der Waals surface area contributed by atoms with Gasteiger partial charge in [0.15, 0.2) is 5.82 Å². The largest absolute Gasteiger partial charge is 0.369 e. The van der Waals surface area contributed by atoms with Gasteiger partial charge in [0.2, 0.25) is 0 Å². The molecule has 2 heterocycles. The summed E-state index contributed by atoms with van der Waals surface area (Å²) >= 11 is 1.73. The van der Waals surface area contributed by atoms with E-state index in [-0.39, 0.29) is 0 Å². The fourth-order valence-electron chi connectivity index (χ4n) is 2.30. The molecular weight excluding hydrogens is 280 g/mol. The number of hydrogen-bond acceptors (Lipinski definition) is 5. The van der Waals surface area contributed by atoms with E-state index in [9.17, 15) is 0 Å². The van der Waals surface area contributed by atoms with Gasteiger partial charge in [-0.3, -0.25) is 0 Å². The zero-order chi connectivity index (χ0) is 14.8. The van der Waals surface area contributed by atoms with Crippen LogP contribution in [0, 0.1) is 13.8 Å². The number of fused-ring (bicyclic) bond motifs is 1. The lowest BCUT2D eigenvalue weighted by Gasteiger charge is -2.10. The summed E-state index contributed by atoms with van der Waals surface area (Å²) < 4.78 is 1.22. The highest BCUT2D eigenvalue weighted by atomic mass is 32.1.